The van der Waals surface area contributed by atoms with Crippen molar-refractivity contribution in [2.75, 3.05) is 13.2 Å². The van der Waals surface area contributed by atoms with E-state index in [1.54, 1.807) is 6.07 Å². The maximum Gasteiger partial charge on any atom is 0.229 e. The first kappa shape index (κ1) is 32.2. The van der Waals surface area contributed by atoms with E-state index in [1.165, 1.54) is 50.7 Å². The number of ether oxygens (including phenoxy) is 2. The van der Waals surface area contributed by atoms with Crippen LogP contribution in [0.4, 0.5) is 0 Å². The number of aromatic hydroxyl groups is 2. The normalized spacial score (nSPS) is 44.5. The third-order valence-electron chi connectivity index (χ3n) is 14.4. The summed E-state index contributed by atoms with van der Waals surface area (Å²) in [6, 6.07) is 4.76. The fourth-order valence-corrected chi connectivity index (χ4v) is 12.0. The molecular formula is C38H56N2O6. The quantitative estimate of drug-likeness (QED) is 0.222. The number of carbonyl (C=O) groups is 2. The van der Waals surface area contributed by atoms with Crippen molar-refractivity contribution in [2.24, 2.45) is 52.3 Å². The van der Waals surface area contributed by atoms with Gasteiger partial charge in [-0.05, 0) is 128 Å². The van der Waals surface area contributed by atoms with Crippen molar-refractivity contribution >= 4 is 11.8 Å². The minimum absolute atomic E-state index is 0.137. The van der Waals surface area contributed by atoms with Gasteiger partial charge in [0.2, 0.25) is 11.8 Å². The van der Waals surface area contributed by atoms with Crippen LogP contribution >= 0.6 is 0 Å². The highest BCUT2D eigenvalue weighted by Crippen LogP contribution is 2.71. The van der Waals surface area contributed by atoms with Crippen LogP contribution in [0.25, 0.3) is 0 Å². The number of hydrogen-bond donors (Lipinski definition) is 4. The van der Waals surface area contributed by atoms with E-state index in [9.17, 15) is 19.8 Å². The molecule has 0 aromatic heterocycles. The second kappa shape index (κ2) is 12.0. The molecule has 0 unspecified atom stereocenters. The number of rotatable bonds is 6. The largest absolute Gasteiger partial charge is 0.504 e. The Morgan fingerprint density at radius 3 is 2.48 bits per heavy atom. The minimum Gasteiger partial charge on any atom is -0.504 e. The zero-order valence-corrected chi connectivity index (χ0v) is 28.4. The molecule has 0 bridgehead atoms. The third-order valence-corrected chi connectivity index (χ3v) is 14.4. The Morgan fingerprint density at radius 1 is 0.913 bits per heavy atom. The lowest BCUT2D eigenvalue weighted by atomic mass is 9.44. The van der Waals surface area contributed by atoms with Gasteiger partial charge in [0.25, 0.3) is 0 Å². The summed E-state index contributed by atoms with van der Waals surface area (Å²) in [5.41, 5.74) is 1.46. The molecular weight excluding hydrogens is 580 g/mol. The second-order valence-corrected chi connectivity index (χ2v) is 16.8. The van der Waals surface area contributed by atoms with Crippen molar-refractivity contribution in [3.8, 4) is 11.5 Å². The fraction of sp³-hybridized carbons (Fsp3) is 0.789. The predicted molar refractivity (Wildman–Crippen MR) is 175 cm³/mol. The molecule has 6 fully saturated rings. The van der Waals surface area contributed by atoms with E-state index in [4.69, 9.17) is 9.47 Å². The average Bonchev–Trinajstić information content (AvgIpc) is 3.46. The van der Waals surface area contributed by atoms with Crippen molar-refractivity contribution < 1.29 is 29.3 Å². The Kier molecular flexibility index (Phi) is 8.39. The maximum atomic E-state index is 12.9. The van der Waals surface area contributed by atoms with E-state index in [1.807, 2.05) is 0 Å². The molecule has 4 aliphatic carbocycles. The summed E-state index contributed by atoms with van der Waals surface area (Å²) in [6.07, 6.45) is 12.4. The van der Waals surface area contributed by atoms with Crippen LogP contribution in [-0.2, 0) is 25.5 Å². The maximum absolute atomic E-state index is 12.9. The van der Waals surface area contributed by atoms with Crippen LogP contribution < -0.4 is 10.6 Å². The monoisotopic (exact) mass is 636 g/mol. The van der Waals surface area contributed by atoms with Gasteiger partial charge in [0, 0.05) is 24.9 Å². The number of phenols is 2. The van der Waals surface area contributed by atoms with Crippen molar-refractivity contribution in [3.05, 3.63) is 23.8 Å². The highest BCUT2D eigenvalue weighted by Gasteiger charge is 2.69. The Bertz CT molecular complexity index is 1330. The smallest absolute Gasteiger partial charge is 0.229 e. The summed E-state index contributed by atoms with van der Waals surface area (Å²) in [6.45, 7) is 11.1. The lowest BCUT2D eigenvalue weighted by Crippen LogP contribution is -2.56. The molecule has 46 heavy (non-hydrogen) atoms. The lowest BCUT2D eigenvalue weighted by Gasteiger charge is -2.61. The molecule has 0 radical (unpaired) electrons. The van der Waals surface area contributed by atoms with Gasteiger partial charge >= 0.3 is 0 Å². The van der Waals surface area contributed by atoms with Gasteiger partial charge in [-0.15, -0.1) is 0 Å². The highest BCUT2D eigenvalue weighted by atomic mass is 16.7. The van der Waals surface area contributed by atoms with Gasteiger partial charge in [0.15, 0.2) is 17.3 Å². The molecule has 2 saturated heterocycles. The van der Waals surface area contributed by atoms with E-state index in [2.05, 4.69) is 38.3 Å². The van der Waals surface area contributed by atoms with Crippen LogP contribution in [0.2, 0.25) is 0 Å². The average molecular weight is 637 g/mol. The summed E-state index contributed by atoms with van der Waals surface area (Å²) in [7, 11) is 0. The molecule has 6 aliphatic rings. The predicted octanol–water partition coefficient (Wildman–Crippen LogP) is 6.08. The molecule has 2 aliphatic heterocycles. The highest BCUT2D eigenvalue weighted by molar-refractivity contribution is 5.96. The molecule has 1 spiro atoms. The SMILES string of the molecule is C[C@@H]1CC[C@@]2(OC1)O[C@H]1C[C@H]3[C@@H]4CC[C@@H]5C[C@H](NC(=O)CC(=O)NCCc6ccc(O)c(O)c6)CC[C@]5(C)[C@H]4CC[C@]3(C)[C@H]1[C@@H]2C. The van der Waals surface area contributed by atoms with Gasteiger partial charge in [-0.2, -0.15) is 0 Å². The first-order chi connectivity index (χ1) is 21.9. The number of benzene rings is 1. The number of fused-ring (bicyclic) bond motifs is 7. The Hall–Kier alpha value is -2.32. The van der Waals surface area contributed by atoms with Crippen LogP contribution in [0.3, 0.4) is 0 Å². The molecule has 4 saturated carbocycles. The van der Waals surface area contributed by atoms with E-state index < -0.39 is 0 Å². The number of hydrogen-bond acceptors (Lipinski definition) is 6. The minimum atomic E-state index is -0.349. The van der Waals surface area contributed by atoms with Crippen molar-refractivity contribution in [1.82, 2.24) is 10.6 Å². The molecule has 4 N–H and O–H groups in total. The van der Waals surface area contributed by atoms with Gasteiger partial charge < -0.3 is 30.3 Å². The molecule has 2 heterocycles. The topological polar surface area (TPSA) is 117 Å². The summed E-state index contributed by atoms with van der Waals surface area (Å²) in [4.78, 5) is 25.3. The summed E-state index contributed by atoms with van der Waals surface area (Å²) >= 11 is 0. The Morgan fingerprint density at radius 2 is 1.72 bits per heavy atom. The summed E-state index contributed by atoms with van der Waals surface area (Å²) in [5, 5.41) is 25.2. The molecule has 8 nitrogen and oxygen atoms in total. The first-order valence-corrected chi connectivity index (χ1v) is 18.3. The molecule has 12 atom stereocenters. The van der Waals surface area contributed by atoms with Crippen LogP contribution in [-0.4, -0.2) is 53.1 Å². The van der Waals surface area contributed by atoms with E-state index in [-0.39, 0.29) is 41.6 Å². The van der Waals surface area contributed by atoms with E-state index in [0.717, 1.165) is 55.6 Å². The number of amides is 2. The summed E-state index contributed by atoms with van der Waals surface area (Å²) in [5.74, 6) is 3.37. The van der Waals surface area contributed by atoms with E-state index in [0.29, 0.717) is 53.6 Å². The number of phenolic OH excluding ortho intramolecular Hbond substituents is 2. The zero-order valence-electron chi connectivity index (χ0n) is 28.4. The van der Waals surface area contributed by atoms with Crippen molar-refractivity contribution in [3.63, 3.8) is 0 Å². The van der Waals surface area contributed by atoms with Crippen molar-refractivity contribution in [2.45, 2.75) is 123 Å². The number of carbonyl (C=O) groups excluding carboxylic acids is 2. The van der Waals surface area contributed by atoms with Gasteiger partial charge in [-0.1, -0.05) is 33.8 Å². The molecule has 254 valence electrons. The van der Waals surface area contributed by atoms with Crippen LogP contribution in [0.15, 0.2) is 18.2 Å². The van der Waals surface area contributed by atoms with Gasteiger partial charge in [0.05, 0.1) is 12.7 Å². The van der Waals surface area contributed by atoms with Gasteiger partial charge in [-0.25, -0.2) is 0 Å². The standard InChI is InChI=1S/C38H56N2O6/c1-22-9-15-38(45-21-22)23(2)35-32(46-38)19-29-27-7-6-25-18-26(10-13-36(25,3)28(27)11-14-37(29,35)4)40-34(44)20-33(43)39-16-12-24-5-8-30(41)31(42)17-24/h5,8,17,22-23,25-29,32,35,41-42H,6-7,9-16,18-21H2,1-4H3,(H,39,43)(H,40,44)/t22-,23+,25-,26-,27-,28+,29+,32+,35+,36+,37+,38-/m1/s1. The van der Waals surface area contributed by atoms with Crippen LogP contribution in [0.5, 0.6) is 11.5 Å². The summed E-state index contributed by atoms with van der Waals surface area (Å²) < 4.78 is 13.5. The van der Waals surface area contributed by atoms with Crippen LogP contribution in [0, 0.1) is 52.3 Å². The second-order valence-electron chi connectivity index (χ2n) is 16.8. The van der Waals surface area contributed by atoms with Crippen LogP contribution in [0.1, 0.15) is 104 Å². The molecule has 8 heteroatoms. The number of nitrogens with one attached hydrogen (secondary N) is 2. The zero-order chi connectivity index (χ0) is 32.4. The fourth-order valence-electron chi connectivity index (χ4n) is 12.0. The first-order valence-electron chi connectivity index (χ1n) is 18.3. The Labute approximate surface area is 274 Å². The Balaban J connectivity index is 0.914. The van der Waals surface area contributed by atoms with Gasteiger partial charge in [0.1, 0.15) is 6.42 Å². The van der Waals surface area contributed by atoms with E-state index >= 15 is 0 Å². The molecule has 1 aromatic rings. The molecule has 2 amide bonds. The lowest BCUT2D eigenvalue weighted by molar-refractivity contribution is -0.273. The molecule has 7 rings (SSSR count). The van der Waals surface area contributed by atoms with Gasteiger partial charge in [-0.3, -0.25) is 9.59 Å². The molecule has 1 aromatic carbocycles. The third kappa shape index (κ3) is 5.43. The van der Waals surface area contributed by atoms with Crippen molar-refractivity contribution in [1.29, 1.82) is 0 Å².